The maximum absolute atomic E-state index is 10.6. The van der Waals surface area contributed by atoms with E-state index in [0.29, 0.717) is 6.54 Å². The lowest BCUT2D eigenvalue weighted by Gasteiger charge is -2.26. The second kappa shape index (κ2) is 10.0. The first-order valence-corrected chi connectivity index (χ1v) is 9.63. The van der Waals surface area contributed by atoms with Crippen molar-refractivity contribution in [2.45, 2.75) is 33.0 Å². The largest absolute Gasteiger partial charge is 0.491 e. The van der Waals surface area contributed by atoms with Crippen molar-refractivity contribution in [3.05, 3.63) is 95.3 Å². The first-order chi connectivity index (χ1) is 13.6. The van der Waals surface area contributed by atoms with Crippen LogP contribution in [0.2, 0.25) is 0 Å². The topological polar surface area (TPSA) is 45.6 Å². The van der Waals surface area contributed by atoms with Crippen molar-refractivity contribution in [2.75, 3.05) is 13.2 Å². The second-order valence-corrected chi connectivity index (χ2v) is 7.24. The molecule has 0 saturated carbocycles. The van der Waals surface area contributed by atoms with E-state index in [0.717, 1.165) is 24.4 Å². The monoisotopic (exact) mass is 376 g/mol. The highest BCUT2D eigenvalue weighted by molar-refractivity contribution is 5.27. The normalized spacial score (nSPS) is 12.1. The lowest BCUT2D eigenvalue weighted by molar-refractivity contribution is 0.0627. The van der Waals surface area contributed by atoms with Crippen molar-refractivity contribution in [1.29, 1.82) is 0 Å². The number of nitrogens with zero attached hydrogens (tertiary/aromatic N) is 2. The Hall–Kier alpha value is -2.69. The number of aliphatic hydroxyl groups is 1. The number of ether oxygens (including phenoxy) is 1. The number of pyridine rings is 1. The van der Waals surface area contributed by atoms with Gasteiger partial charge in [0.05, 0.1) is 0 Å². The van der Waals surface area contributed by atoms with E-state index in [4.69, 9.17) is 4.74 Å². The van der Waals surface area contributed by atoms with Gasteiger partial charge >= 0.3 is 0 Å². The molecule has 0 amide bonds. The van der Waals surface area contributed by atoms with E-state index in [9.17, 15) is 5.11 Å². The lowest BCUT2D eigenvalue weighted by Crippen LogP contribution is -2.35. The van der Waals surface area contributed by atoms with Gasteiger partial charge in [0.25, 0.3) is 0 Å². The fraction of sp³-hybridized carbons (Fsp3) is 0.292. The number of hydrogen-bond acceptors (Lipinski definition) is 4. The molecule has 0 aliphatic rings. The smallest absolute Gasteiger partial charge is 0.119 e. The number of hydrogen-bond donors (Lipinski definition) is 1. The molecule has 0 spiro atoms. The Balaban J connectivity index is 1.63. The van der Waals surface area contributed by atoms with Crippen LogP contribution in [0.1, 0.15) is 22.3 Å². The minimum Gasteiger partial charge on any atom is -0.491 e. The highest BCUT2D eigenvalue weighted by Gasteiger charge is 2.15. The molecule has 0 saturated heterocycles. The van der Waals surface area contributed by atoms with Crippen LogP contribution in [0.3, 0.4) is 0 Å². The summed E-state index contributed by atoms with van der Waals surface area (Å²) in [6.07, 6.45) is 3.07. The third-order valence-electron chi connectivity index (χ3n) is 4.72. The van der Waals surface area contributed by atoms with Crippen LogP contribution in [-0.4, -0.2) is 34.2 Å². The Morgan fingerprint density at radius 2 is 1.75 bits per heavy atom. The molecule has 0 bridgehead atoms. The predicted molar refractivity (Wildman–Crippen MR) is 112 cm³/mol. The Kier molecular flexibility index (Phi) is 7.18. The minimum absolute atomic E-state index is 0.264. The Bertz CT molecular complexity index is 850. The Morgan fingerprint density at radius 3 is 2.46 bits per heavy atom. The zero-order valence-corrected chi connectivity index (χ0v) is 16.6. The third kappa shape index (κ3) is 6.19. The molecule has 146 valence electrons. The molecular weight excluding hydrogens is 348 g/mol. The van der Waals surface area contributed by atoms with Crippen LogP contribution in [0.25, 0.3) is 0 Å². The molecule has 1 heterocycles. The van der Waals surface area contributed by atoms with Crippen molar-refractivity contribution in [1.82, 2.24) is 9.88 Å². The van der Waals surface area contributed by atoms with Crippen LogP contribution in [0.15, 0.2) is 73.1 Å². The summed E-state index contributed by atoms with van der Waals surface area (Å²) in [4.78, 5) is 6.45. The number of aliphatic hydroxyl groups excluding tert-OH is 1. The van der Waals surface area contributed by atoms with Crippen LogP contribution in [0.4, 0.5) is 0 Å². The van der Waals surface area contributed by atoms with Gasteiger partial charge in [-0.2, -0.15) is 0 Å². The van der Waals surface area contributed by atoms with E-state index in [2.05, 4.69) is 47.1 Å². The van der Waals surface area contributed by atoms with Gasteiger partial charge in [-0.25, -0.2) is 0 Å². The summed E-state index contributed by atoms with van der Waals surface area (Å²) in [6, 6.07) is 20.3. The molecule has 0 aliphatic carbocycles. The van der Waals surface area contributed by atoms with Gasteiger partial charge in [0.15, 0.2) is 0 Å². The van der Waals surface area contributed by atoms with Crippen molar-refractivity contribution < 1.29 is 9.84 Å². The van der Waals surface area contributed by atoms with Crippen LogP contribution in [0.5, 0.6) is 5.75 Å². The Morgan fingerprint density at radius 1 is 0.964 bits per heavy atom. The molecule has 1 N–H and O–H groups in total. The molecule has 0 fully saturated rings. The summed E-state index contributed by atoms with van der Waals surface area (Å²) in [7, 11) is 0. The molecular formula is C24H28N2O2. The summed E-state index contributed by atoms with van der Waals surface area (Å²) in [5.74, 6) is 0.780. The molecule has 4 heteroatoms. The zero-order chi connectivity index (χ0) is 19.8. The lowest BCUT2D eigenvalue weighted by atomic mass is 10.1. The molecule has 2 aromatic carbocycles. The Labute approximate surface area is 167 Å². The van der Waals surface area contributed by atoms with Crippen molar-refractivity contribution >= 4 is 0 Å². The maximum atomic E-state index is 10.6. The van der Waals surface area contributed by atoms with Gasteiger partial charge < -0.3 is 9.84 Å². The molecule has 4 nitrogen and oxygen atoms in total. The summed E-state index contributed by atoms with van der Waals surface area (Å²) in [5.41, 5.74) is 4.83. The van der Waals surface area contributed by atoms with Crippen molar-refractivity contribution in [2.24, 2.45) is 0 Å². The third-order valence-corrected chi connectivity index (χ3v) is 4.72. The second-order valence-electron chi connectivity index (χ2n) is 7.24. The number of aryl methyl sites for hydroxylation is 2. The summed E-state index contributed by atoms with van der Waals surface area (Å²) in [6.45, 7) is 6.44. The van der Waals surface area contributed by atoms with Gasteiger partial charge in [-0.3, -0.25) is 9.88 Å². The molecule has 1 atom stereocenters. The van der Waals surface area contributed by atoms with E-state index >= 15 is 0 Å². The van der Waals surface area contributed by atoms with Gasteiger partial charge in [0.1, 0.15) is 18.5 Å². The molecule has 1 unspecified atom stereocenters. The summed E-state index contributed by atoms with van der Waals surface area (Å²) in [5, 5.41) is 10.6. The molecule has 3 aromatic rings. The van der Waals surface area contributed by atoms with Gasteiger partial charge in [-0.1, -0.05) is 48.0 Å². The maximum Gasteiger partial charge on any atom is 0.119 e. The zero-order valence-electron chi connectivity index (χ0n) is 16.6. The van der Waals surface area contributed by atoms with E-state index in [1.807, 2.05) is 43.5 Å². The summed E-state index contributed by atoms with van der Waals surface area (Å²) < 4.78 is 5.76. The van der Waals surface area contributed by atoms with Crippen LogP contribution >= 0.6 is 0 Å². The molecule has 1 aromatic heterocycles. The first kappa shape index (κ1) is 20.1. The number of aromatic nitrogens is 1. The van der Waals surface area contributed by atoms with E-state index in [1.165, 1.54) is 16.7 Å². The molecule has 28 heavy (non-hydrogen) atoms. The van der Waals surface area contributed by atoms with Crippen LogP contribution < -0.4 is 4.74 Å². The molecule has 3 rings (SSSR count). The fourth-order valence-corrected chi connectivity index (χ4v) is 3.14. The first-order valence-electron chi connectivity index (χ1n) is 9.63. The van der Waals surface area contributed by atoms with Gasteiger partial charge in [-0.15, -0.1) is 0 Å². The van der Waals surface area contributed by atoms with E-state index < -0.39 is 6.10 Å². The highest BCUT2D eigenvalue weighted by atomic mass is 16.5. The van der Waals surface area contributed by atoms with E-state index in [-0.39, 0.29) is 6.61 Å². The number of benzene rings is 2. The van der Waals surface area contributed by atoms with Crippen LogP contribution in [-0.2, 0) is 13.1 Å². The van der Waals surface area contributed by atoms with Gasteiger partial charge in [0, 0.05) is 32.0 Å². The highest BCUT2D eigenvalue weighted by Crippen LogP contribution is 2.15. The molecule has 0 aliphatic heterocycles. The van der Waals surface area contributed by atoms with Crippen molar-refractivity contribution in [3.8, 4) is 5.75 Å². The number of rotatable bonds is 9. The van der Waals surface area contributed by atoms with Crippen LogP contribution in [0, 0.1) is 13.8 Å². The fourth-order valence-electron chi connectivity index (χ4n) is 3.14. The minimum atomic E-state index is -0.581. The summed E-state index contributed by atoms with van der Waals surface area (Å²) >= 11 is 0. The molecule has 0 radical (unpaired) electrons. The average Bonchev–Trinajstić information content (AvgIpc) is 2.70. The van der Waals surface area contributed by atoms with Gasteiger partial charge in [-0.05, 0) is 48.7 Å². The van der Waals surface area contributed by atoms with E-state index in [1.54, 1.807) is 6.20 Å². The average molecular weight is 377 g/mol. The van der Waals surface area contributed by atoms with Gasteiger partial charge in [0.2, 0.25) is 0 Å². The standard InChI is InChI=1S/C24H28N2O2/c1-19-9-11-24(12-10-19)28-18-23(27)17-26(15-21-7-5-13-25-14-21)16-22-8-4-3-6-20(22)2/h3-14,23,27H,15-18H2,1-2H3. The predicted octanol–water partition coefficient (Wildman–Crippen LogP) is 4.14. The SMILES string of the molecule is Cc1ccc(OCC(O)CN(Cc2cccnc2)Cc2ccccc2C)cc1. The van der Waals surface area contributed by atoms with Crippen molar-refractivity contribution in [3.63, 3.8) is 0 Å². The quantitative estimate of drug-likeness (QED) is 0.610.